The zero-order chi connectivity index (χ0) is 16.6. The average molecular weight is 337 g/mol. The predicted octanol–water partition coefficient (Wildman–Crippen LogP) is 2.03. The van der Waals surface area contributed by atoms with Crippen molar-refractivity contribution in [1.29, 1.82) is 0 Å². The van der Waals surface area contributed by atoms with E-state index in [0.29, 0.717) is 13.2 Å². The molecule has 0 aliphatic heterocycles. The van der Waals surface area contributed by atoms with Crippen LogP contribution in [0.15, 0.2) is 23.1 Å². The highest BCUT2D eigenvalue weighted by Gasteiger charge is 2.30. The molecule has 22 heavy (non-hydrogen) atoms. The first-order chi connectivity index (χ1) is 10.4. The third kappa shape index (κ3) is 4.98. The molecule has 8 heteroatoms. The average Bonchev–Trinajstić information content (AvgIpc) is 2.45. The summed E-state index contributed by atoms with van der Waals surface area (Å²) in [4.78, 5) is -0.942. The first-order valence-corrected chi connectivity index (χ1v) is 8.48. The number of rotatable bonds is 10. The highest BCUT2D eigenvalue weighted by Crippen LogP contribution is 2.22. The Morgan fingerprint density at radius 3 is 1.86 bits per heavy atom. The summed E-state index contributed by atoms with van der Waals surface area (Å²) in [5, 5.41) is 0. The summed E-state index contributed by atoms with van der Waals surface area (Å²) in [6, 6.07) is 2.95. The lowest BCUT2D eigenvalue weighted by Gasteiger charge is -2.22. The molecule has 0 atom stereocenters. The van der Waals surface area contributed by atoms with Crippen molar-refractivity contribution >= 4 is 10.0 Å². The third-order valence-electron chi connectivity index (χ3n) is 2.90. The largest absolute Gasteiger partial charge is 0.380 e. The Balaban J connectivity index is 3.03. The fourth-order valence-corrected chi connectivity index (χ4v) is 3.35. The van der Waals surface area contributed by atoms with E-state index in [1.165, 1.54) is 0 Å². The van der Waals surface area contributed by atoms with Gasteiger partial charge in [-0.25, -0.2) is 17.2 Å². The summed E-state index contributed by atoms with van der Waals surface area (Å²) in [5.41, 5.74) is 0. The third-order valence-corrected chi connectivity index (χ3v) is 4.85. The highest BCUT2D eigenvalue weighted by atomic mass is 32.2. The lowest BCUT2D eigenvalue weighted by atomic mass is 10.3. The fourth-order valence-electron chi connectivity index (χ4n) is 1.83. The van der Waals surface area contributed by atoms with Crippen molar-refractivity contribution in [3.63, 3.8) is 0 Å². The molecule has 0 bridgehead atoms. The van der Waals surface area contributed by atoms with E-state index in [9.17, 15) is 17.2 Å². The maximum Gasteiger partial charge on any atom is 0.249 e. The molecule has 0 radical (unpaired) electrons. The first kappa shape index (κ1) is 19.0. The topological polar surface area (TPSA) is 55.8 Å². The molecule has 5 nitrogen and oxygen atoms in total. The second-order valence-corrected chi connectivity index (χ2v) is 6.22. The first-order valence-electron chi connectivity index (χ1n) is 7.04. The maximum atomic E-state index is 13.8. The van der Waals surface area contributed by atoms with Crippen LogP contribution < -0.4 is 0 Å². The van der Waals surface area contributed by atoms with E-state index in [2.05, 4.69) is 0 Å². The van der Waals surface area contributed by atoms with Crippen molar-refractivity contribution in [3.8, 4) is 0 Å². The Bertz CT molecular complexity index is 536. The number of hydrogen-bond donors (Lipinski definition) is 0. The second kappa shape index (κ2) is 9.14. The van der Waals surface area contributed by atoms with E-state index in [-0.39, 0.29) is 26.3 Å². The van der Waals surface area contributed by atoms with Gasteiger partial charge in [-0.1, -0.05) is 6.07 Å². The van der Waals surface area contributed by atoms with Gasteiger partial charge in [-0.15, -0.1) is 0 Å². The number of ether oxygens (including phenoxy) is 2. The second-order valence-electron chi connectivity index (χ2n) is 4.35. The van der Waals surface area contributed by atoms with Crippen molar-refractivity contribution in [2.45, 2.75) is 18.7 Å². The minimum Gasteiger partial charge on any atom is -0.380 e. The molecule has 0 heterocycles. The van der Waals surface area contributed by atoms with Gasteiger partial charge in [0.15, 0.2) is 4.90 Å². The molecule has 0 fully saturated rings. The summed E-state index contributed by atoms with van der Waals surface area (Å²) >= 11 is 0. The van der Waals surface area contributed by atoms with E-state index in [4.69, 9.17) is 9.47 Å². The molecular weight excluding hydrogens is 316 g/mol. The normalized spacial score (nSPS) is 12.0. The molecule has 0 amide bonds. The van der Waals surface area contributed by atoms with E-state index < -0.39 is 26.6 Å². The van der Waals surface area contributed by atoms with Gasteiger partial charge in [-0.2, -0.15) is 4.31 Å². The highest BCUT2D eigenvalue weighted by molar-refractivity contribution is 7.89. The van der Waals surface area contributed by atoms with Gasteiger partial charge in [0.05, 0.1) is 13.2 Å². The van der Waals surface area contributed by atoms with Crippen LogP contribution in [0.4, 0.5) is 8.78 Å². The SMILES string of the molecule is CCOCCN(CCOCC)S(=O)(=O)c1c(F)cccc1F. The van der Waals surface area contributed by atoms with Gasteiger partial charge >= 0.3 is 0 Å². The van der Waals surface area contributed by atoms with Crippen molar-refractivity contribution in [3.05, 3.63) is 29.8 Å². The van der Waals surface area contributed by atoms with Gasteiger partial charge < -0.3 is 9.47 Å². The summed E-state index contributed by atoms with van der Waals surface area (Å²) in [5.74, 6) is -2.23. The minimum atomic E-state index is -4.30. The van der Waals surface area contributed by atoms with Gasteiger partial charge in [0.1, 0.15) is 11.6 Å². The quantitative estimate of drug-likeness (QED) is 0.613. The Morgan fingerprint density at radius 1 is 1.00 bits per heavy atom. The maximum absolute atomic E-state index is 13.8. The van der Waals surface area contributed by atoms with E-state index in [0.717, 1.165) is 22.5 Å². The van der Waals surface area contributed by atoms with Crippen LogP contribution in [0.1, 0.15) is 13.8 Å². The molecule has 0 spiro atoms. The molecule has 1 aromatic carbocycles. The van der Waals surface area contributed by atoms with Crippen LogP contribution in [0.5, 0.6) is 0 Å². The van der Waals surface area contributed by atoms with E-state index in [1.807, 2.05) is 0 Å². The Hall–Kier alpha value is -1.09. The number of benzene rings is 1. The zero-order valence-electron chi connectivity index (χ0n) is 12.7. The summed E-state index contributed by atoms with van der Waals surface area (Å²) < 4.78 is 63.8. The van der Waals surface area contributed by atoms with Gasteiger partial charge in [0, 0.05) is 26.3 Å². The lowest BCUT2D eigenvalue weighted by molar-refractivity contribution is 0.110. The van der Waals surface area contributed by atoms with Crippen LogP contribution in [0, 0.1) is 11.6 Å². The lowest BCUT2D eigenvalue weighted by Crippen LogP contribution is -2.37. The van der Waals surface area contributed by atoms with Crippen LogP contribution in [0.3, 0.4) is 0 Å². The molecule has 0 aliphatic carbocycles. The number of nitrogens with zero attached hydrogens (tertiary/aromatic N) is 1. The van der Waals surface area contributed by atoms with Crippen LogP contribution in [-0.4, -0.2) is 52.2 Å². The number of halogens is 2. The Labute approximate surface area is 129 Å². The van der Waals surface area contributed by atoms with Gasteiger partial charge in [-0.05, 0) is 26.0 Å². The summed E-state index contributed by atoms with van der Waals surface area (Å²) in [6.45, 7) is 4.66. The molecule has 1 aromatic rings. The molecule has 0 unspecified atom stereocenters. The van der Waals surface area contributed by atoms with Gasteiger partial charge in [-0.3, -0.25) is 0 Å². The molecule has 1 rings (SSSR count). The fraction of sp³-hybridized carbons (Fsp3) is 0.571. The molecule has 0 saturated carbocycles. The smallest absolute Gasteiger partial charge is 0.249 e. The van der Waals surface area contributed by atoms with Crippen LogP contribution in [0.2, 0.25) is 0 Å². The van der Waals surface area contributed by atoms with Crippen molar-refractivity contribution in [2.24, 2.45) is 0 Å². The molecule has 0 aliphatic rings. The van der Waals surface area contributed by atoms with E-state index >= 15 is 0 Å². The Kier molecular flexibility index (Phi) is 7.88. The number of sulfonamides is 1. The van der Waals surface area contributed by atoms with Crippen molar-refractivity contribution in [2.75, 3.05) is 39.5 Å². The Morgan fingerprint density at radius 2 is 1.45 bits per heavy atom. The summed E-state index contributed by atoms with van der Waals surface area (Å²) in [6.07, 6.45) is 0. The molecule has 0 N–H and O–H groups in total. The van der Waals surface area contributed by atoms with Crippen LogP contribution >= 0.6 is 0 Å². The molecule has 126 valence electrons. The van der Waals surface area contributed by atoms with Crippen LogP contribution in [0.25, 0.3) is 0 Å². The molecule has 0 aromatic heterocycles. The molecule has 0 saturated heterocycles. The van der Waals surface area contributed by atoms with E-state index in [1.54, 1.807) is 13.8 Å². The predicted molar refractivity (Wildman–Crippen MR) is 78.1 cm³/mol. The summed E-state index contributed by atoms with van der Waals surface area (Å²) in [7, 11) is -4.30. The van der Waals surface area contributed by atoms with Crippen LogP contribution in [-0.2, 0) is 19.5 Å². The van der Waals surface area contributed by atoms with Crippen molar-refractivity contribution < 1.29 is 26.7 Å². The minimum absolute atomic E-state index is 0.00295. The van der Waals surface area contributed by atoms with Gasteiger partial charge in [0.2, 0.25) is 10.0 Å². The monoisotopic (exact) mass is 337 g/mol. The van der Waals surface area contributed by atoms with Gasteiger partial charge in [0.25, 0.3) is 0 Å². The standard InChI is InChI=1S/C14H21F2NO4S/c1-3-20-10-8-17(9-11-21-4-2)22(18,19)14-12(15)6-5-7-13(14)16/h5-7H,3-4,8-11H2,1-2H3. The van der Waals surface area contributed by atoms with Crippen molar-refractivity contribution in [1.82, 2.24) is 4.31 Å². The molecular formula is C14H21F2NO4S. The number of hydrogen-bond acceptors (Lipinski definition) is 4. The zero-order valence-corrected chi connectivity index (χ0v) is 13.5.